The topological polar surface area (TPSA) is 55.6 Å². The van der Waals surface area contributed by atoms with Gasteiger partial charge in [-0.3, -0.25) is 4.79 Å². The van der Waals surface area contributed by atoms with Crippen molar-refractivity contribution in [1.82, 2.24) is 4.90 Å². The number of benzene rings is 1. The van der Waals surface area contributed by atoms with E-state index in [9.17, 15) is 4.79 Å². The van der Waals surface area contributed by atoms with Gasteiger partial charge in [0.2, 0.25) is 5.91 Å². The van der Waals surface area contributed by atoms with Crippen LogP contribution in [0.3, 0.4) is 0 Å². The van der Waals surface area contributed by atoms with Crippen LogP contribution in [0.2, 0.25) is 0 Å². The van der Waals surface area contributed by atoms with Crippen LogP contribution in [0.25, 0.3) is 0 Å². The lowest BCUT2D eigenvalue weighted by molar-refractivity contribution is -0.131. The van der Waals surface area contributed by atoms with Crippen molar-refractivity contribution in [1.29, 1.82) is 0 Å². The molecule has 0 aliphatic carbocycles. The van der Waals surface area contributed by atoms with Gasteiger partial charge in [0, 0.05) is 19.2 Å². The molecular formula is C13H20N2O2. The summed E-state index contributed by atoms with van der Waals surface area (Å²) in [4.78, 5) is 13.3. The highest BCUT2D eigenvalue weighted by Gasteiger charge is 2.15. The van der Waals surface area contributed by atoms with Gasteiger partial charge in [-0.25, -0.2) is 0 Å². The first-order valence-electron chi connectivity index (χ1n) is 5.59. The Labute approximate surface area is 102 Å². The highest BCUT2D eigenvalue weighted by atomic mass is 16.5. The number of hydrogen-bond acceptors (Lipinski definition) is 3. The number of hydrogen-bond donors (Lipinski definition) is 1. The van der Waals surface area contributed by atoms with Crippen LogP contribution in [0.5, 0.6) is 5.75 Å². The van der Waals surface area contributed by atoms with E-state index in [1.54, 1.807) is 26.0 Å². The second kappa shape index (κ2) is 5.68. The summed E-state index contributed by atoms with van der Waals surface area (Å²) in [5.74, 6) is 0.716. The van der Waals surface area contributed by atoms with E-state index < -0.39 is 6.04 Å². The third-order valence-electron chi connectivity index (χ3n) is 2.61. The highest BCUT2D eigenvalue weighted by molar-refractivity contribution is 5.80. The first kappa shape index (κ1) is 13.5. The average Bonchev–Trinajstić information content (AvgIpc) is 2.28. The summed E-state index contributed by atoms with van der Waals surface area (Å²) in [5.41, 5.74) is 7.70. The van der Waals surface area contributed by atoms with E-state index in [4.69, 9.17) is 10.5 Å². The molecule has 0 saturated carbocycles. The van der Waals surface area contributed by atoms with Gasteiger partial charge in [-0.05, 0) is 19.9 Å². The molecule has 4 nitrogen and oxygen atoms in total. The van der Waals surface area contributed by atoms with Crippen LogP contribution in [0.15, 0.2) is 18.2 Å². The minimum atomic E-state index is -0.476. The number of methoxy groups -OCH3 is 1. The summed E-state index contributed by atoms with van der Waals surface area (Å²) in [6, 6.07) is 5.43. The molecule has 1 rings (SSSR count). The number of rotatable bonds is 4. The quantitative estimate of drug-likeness (QED) is 0.857. The number of likely N-dealkylation sites (N-methyl/N-ethyl adjacent to an activating group) is 1. The van der Waals surface area contributed by atoms with Gasteiger partial charge in [0.15, 0.2) is 0 Å². The summed E-state index contributed by atoms with van der Waals surface area (Å²) in [6.07, 6.45) is 0. The number of nitrogens with zero attached hydrogens (tertiary/aromatic N) is 1. The van der Waals surface area contributed by atoms with Gasteiger partial charge < -0.3 is 15.4 Å². The minimum absolute atomic E-state index is 0.0754. The van der Waals surface area contributed by atoms with Gasteiger partial charge in [-0.15, -0.1) is 0 Å². The Balaban J connectivity index is 2.87. The van der Waals surface area contributed by atoms with Crippen molar-refractivity contribution >= 4 is 5.91 Å². The molecule has 4 heteroatoms. The fraction of sp³-hybridized carbons (Fsp3) is 0.462. The highest BCUT2D eigenvalue weighted by Crippen LogP contribution is 2.21. The summed E-state index contributed by atoms with van der Waals surface area (Å²) in [7, 11) is 3.37. The molecule has 1 aromatic carbocycles. The zero-order valence-corrected chi connectivity index (χ0v) is 10.9. The predicted molar refractivity (Wildman–Crippen MR) is 67.9 cm³/mol. The third kappa shape index (κ3) is 3.46. The maximum atomic E-state index is 11.7. The molecule has 0 bridgehead atoms. The van der Waals surface area contributed by atoms with Crippen LogP contribution in [-0.2, 0) is 11.3 Å². The normalized spacial score (nSPS) is 12.1. The van der Waals surface area contributed by atoms with Crippen molar-refractivity contribution in [2.75, 3.05) is 14.2 Å². The molecule has 17 heavy (non-hydrogen) atoms. The molecule has 0 heterocycles. The van der Waals surface area contributed by atoms with Gasteiger partial charge in [0.1, 0.15) is 5.75 Å². The molecule has 0 spiro atoms. The Hall–Kier alpha value is -1.55. The Morgan fingerprint density at radius 2 is 2.18 bits per heavy atom. The number of carbonyl (C=O) groups excluding carboxylic acids is 1. The van der Waals surface area contributed by atoms with Crippen molar-refractivity contribution in [2.45, 2.75) is 26.4 Å². The van der Waals surface area contributed by atoms with Crippen molar-refractivity contribution in [2.24, 2.45) is 5.73 Å². The lowest BCUT2D eigenvalue weighted by Crippen LogP contribution is -2.39. The van der Waals surface area contributed by atoms with Crippen LogP contribution in [0.4, 0.5) is 0 Å². The Kier molecular flexibility index (Phi) is 4.52. The molecule has 0 unspecified atom stereocenters. The third-order valence-corrected chi connectivity index (χ3v) is 2.61. The molecule has 1 atom stereocenters. The molecule has 2 N–H and O–H groups in total. The molecule has 0 fully saturated rings. The number of amides is 1. The van der Waals surface area contributed by atoms with E-state index in [2.05, 4.69) is 0 Å². The van der Waals surface area contributed by atoms with Crippen LogP contribution >= 0.6 is 0 Å². The summed E-state index contributed by atoms with van der Waals surface area (Å²) < 4.78 is 5.27. The first-order valence-corrected chi connectivity index (χ1v) is 5.59. The first-order chi connectivity index (χ1) is 7.95. The van der Waals surface area contributed by atoms with Crippen molar-refractivity contribution in [3.63, 3.8) is 0 Å². The van der Waals surface area contributed by atoms with Crippen LogP contribution in [0.1, 0.15) is 18.1 Å². The largest absolute Gasteiger partial charge is 0.496 e. The second-order valence-corrected chi connectivity index (χ2v) is 4.30. The monoisotopic (exact) mass is 236 g/mol. The molecule has 0 saturated heterocycles. The zero-order chi connectivity index (χ0) is 13.0. The maximum absolute atomic E-state index is 11.7. The van der Waals surface area contributed by atoms with Crippen LogP contribution in [0, 0.1) is 6.92 Å². The van der Waals surface area contributed by atoms with Crippen molar-refractivity contribution < 1.29 is 9.53 Å². The summed E-state index contributed by atoms with van der Waals surface area (Å²) in [6.45, 7) is 4.20. The Morgan fingerprint density at radius 3 is 2.71 bits per heavy atom. The Morgan fingerprint density at radius 1 is 1.53 bits per heavy atom. The number of ether oxygens (including phenoxy) is 1. The van der Waals surface area contributed by atoms with Gasteiger partial charge >= 0.3 is 0 Å². The summed E-state index contributed by atoms with van der Waals surface area (Å²) in [5, 5.41) is 0. The van der Waals surface area contributed by atoms with Gasteiger partial charge in [0.05, 0.1) is 13.2 Å². The molecular weight excluding hydrogens is 216 g/mol. The van der Waals surface area contributed by atoms with Gasteiger partial charge in [-0.2, -0.15) is 0 Å². The van der Waals surface area contributed by atoms with E-state index in [1.807, 2.05) is 25.1 Å². The average molecular weight is 236 g/mol. The molecule has 0 aromatic heterocycles. The summed E-state index contributed by atoms with van der Waals surface area (Å²) >= 11 is 0. The standard InChI is InChI=1S/C13H20N2O2/c1-9-5-6-12(17-4)11(7-9)8-15(3)13(16)10(2)14/h5-7,10H,8,14H2,1-4H3/t10-/m0/s1. The van der Waals surface area contributed by atoms with E-state index in [-0.39, 0.29) is 5.91 Å². The Bertz CT molecular complexity index is 402. The molecule has 1 aromatic rings. The minimum Gasteiger partial charge on any atom is -0.496 e. The lowest BCUT2D eigenvalue weighted by Gasteiger charge is -2.20. The zero-order valence-electron chi connectivity index (χ0n) is 10.9. The van der Waals surface area contributed by atoms with E-state index in [1.165, 1.54) is 0 Å². The fourth-order valence-corrected chi connectivity index (χ4v) is 1.71. The van der Waals surface area contributed by atoms with Crippen LogP contribution < -0.4 is 10.5 Å². The van der Waals surface area contributed by atoms with Gasteiger partial charge in [-0.1, -0.05) is 17.7 Å². The predicted octanol–water partition coefficient (Wildman–Crippen LogP) is 1.31. The SMILES string of the molecule is COc1ccc(C)cc1CN(C)C(=O)[C@H](C)N. The molecule has 1 amide bonds. The molecule has 94 valence electrons. The van der Waals surface area contributed by atoms with E-state index in [0.29, 0.717) is 6.54 Å². The number of carbonyl (C=O) groups is 1. The number of nitrogens with two attached hydrogens (primary N) is 1. The lowest BCUT2D eigenvalue weighted by atomic mass is 10.1. The molecule has 0 aliphatic rings. The smallest absolute Gasteiger partial charge is 0.239 e. The fourth-order valence-electron chi connectivity index (χ4n) is 1.71. The van der Waals surface area contributed by atoms with E-state index >= 15 is 0 Å². The maximum Gasteiger partial charge on any atom is 0.239 e. The molecule has 0 aliphatic heterocycles. The van der Waals surface area contributed by atoms with Gasteiger partial charge in [0.25, 0.3) is 0 Å². The van der Waals surface area contributed by atoms with Crippen molar-refractivity contribution in [3.8, 4) is 5.75 Å². The second-order valence-electron chi connectivity index (χ2n) is 4.30. The number of aryl methyl sites for hydroxylation is 1. The molecule has 0 radical (unpaired) electrons. The van der Waals surface area contributed by atoms with Crippen LogP contribution in [-0.4, -0.2) is 31.0 Å². The van der Waals surface area contributed by atoms with Crippen molar-refractivity contribution in [3.05, 3.63) is 29.3 Å². The van der Waals surface area contributed by atoms with E-state index in [0.717, 1.165) is 16.9 Å².